The summed E-state index contributed by atoms with van der Waals surface area (Å²) in [6, 6.07) is 13.4. The Morgan fingerprint density at radius 2 is 1.72 bits per heavy atom. The molecule has 0 radical (unpaired) electrons. The average Bonchev–Trinajstić information content (AvgIpc) is 2.71. The minimum absolute atomic E-state index is 0.122. The summed E-state index contributed by atoms with van der Waals surface area (Å²) in [6.45, 7) is 6.34. The third-order valence-corrected chi connectivity index (χ3v) is 6.00. The predicted octanol–water partition coefficient (Wildman–Crippen LogP) is 4.77. The zero-order chi connectivity index (χ0) is 20.6. The highest BCUT2D eigenvalue weighted by Gasteiger charge is 2.38. The Hall–Kier alpha value is -2.31. The SMILES string of the molecule is C=C(c1ccc(C2(O)COC2)cc1)N1CCC(c2cccc(C(F)(F)F)c2)CC1. The van der Waals surface area contributed by atoms with Crippen molar-refractivity contribution in [2.75, 3.05) is 26.3 Å². The lowest BCUT2D eigenvalue weighted by atomic mass is 9.88. The van der Waals surface area contributed by atoms with Crippen molar-refractivity contribution in [3.63, 3.8) is 0 Å². The van der Waals surface area contributed by atoms with Gasteiger partial charge in [0.05, 0.1) is 18.8 Å². The molecule has 154 valence electrons. The molecule has 2 aromatic carbocycles. The first kappa shape index (κ1) is 20.0. The van der Waals surface area contributed by atoms with Crippen molar-refractivity contribution in [2.24, 2.45) is 0 Å². The molecule has 0 aromatic heterocycles. The molecule has 2 fully saturated rings. The number of nitrogens with zero attached hydrogens (tertiary/aromatic N) is 1. The molecule has 0 bridgehead atoms. The molecule has 2 heterocycles. The standard InChI is InChI=1S/C23H24F3NO2/c1-16(17-5-7-20(8-6-17)22(28)14-29-15-22)27-11-9-18(10-12-27)19-3-2-4-21(13-19)23(24,25)26/h2-8,13,18,28H,1,9-12,14-15H2. The molecule has 6 heteroatoms. The van der Waals surface area contributed by atoms with Gasteiger partial charge in [0.2, 0.25) is 0 Å². The van der Waals surface area contributed by atoms with Crippen LogP contribution in [0.15, 0.2) is 55.1 Å². The van der Waals surface area contributed by atoms with E-state index in [0.29, 0.717) is 13.2 Å². The van der Waals surface area contributed by atoms with E-state index in [1.165, 1.54) is 12.1 Å². The van der Waals surface area contributed by atoms with Gasteiger partial charge < -0.3 is 14.7 Å². The molecule has 0 saturated carbocycles. The highest BCUT2D eigenvalue weighted by Crippen LogP contribution is 2.36. The maximum absolute atomic E-state index is 13.0. The summed E-state index contributed by atoms with van der Waals surface area (Å²) in [5.41, 5.74) is 2.00. The van der Waals surface area contributed by atoms with Crippen LogP contribution in [-0.2, 0) is 16.5 Å². The van der Waals surface area contributed by atoms with Crippen LogP contribution < -0.4 is 0 Å². The van der Waals surface area contributed by atoms with Crippen LogP contribution in [0.1, 0.15) is 41.0 Å². The fourth-order valence-corrected chi connectivity index (χ4v) is 4.07. The monoisotopic (exact) mass is 403 g/mol. The van der Waals surface area contributed by atoms with Crippen LogP contribution in [0.3, 0.4) is 0 Å². The molecule has 2 aromatic rings. The maximum atomic E-state index is 13.0. The van der Waals surface area contributed by atoms with E-state index >= 15 is 0 Å². The lowest BCUT2D eigenvalue weighted by Gasteiger charge is -2.37. The molecule has 2 aliphatic rings. The fraction of sp³-hybridized carbons (Fsp3) is 0.391. The number of benzene rings is 2. The summed E-state index contributed by atoms with van der Waals surface area (Å²) < 4.78 is 44.0. The summed E-state index contributed by atoms with van der Waals surface area (Å²) in [6.07, 6.45) is -2.74. The lowest BCUT2D eigenvalue weighted by Crippen LogP contribution is -2.46. The maximum Gasteiger partial charge on any atom is 0.416 e. The normalized spacial score (nSPS) is 19.7. The number of aliphatic hydroxyl groups is 1. The summed E-state index contributed by atoms with van der Waals surface area (Å²) >= 11 is 0. The van der Waals surface area contributed by atoms with Gasteiger partial charge in [-0.05, 0) is 41.5 Å². The van der Waals surface area contributed by atoms with Crippen molar-refractivity contribution in [3.05, 3.63) is 77.4 Å². The Morgan fingerprint density at radius 3 is 2.28 bits per heavy atom. The van der Waals surface area contributed by atoms with Crippen LogP contribution in [0.5, 0.6) is 0 Å². The number of piperidine rings is 1. The van der Waals surface area contributed by atoms with Crippen LogP contribution in [0.4, 0.5) is 13.2 Å². The van der Waals surface area contributed by atoms with E-state index in [-0.39, 0.29) is 5.92 Å². The Labute approximate surface area is 168 Å². The van der Waals surface area contributed by atoms with Gasteiger partial charge in [-0.1, -0.05) is 49.0 Å². The first-order valence-corrected chi connectivity index (χ1v) is 9.78. The third kappa shape index (κ3) is 4.05. The van der Waals surface area contributed by atoms with E-state index in [2.05, 4.69) is 11.5 Å². The largest absolute Gasteiger partial charge is 0.416 e. The molecule has 0 unspecified atom stereocenters. The zero-order valence-corrected chi connectivity index (χ0v) is 16.1. The first-order valence-electron chi connectivity index (χ1n) is 9.78. The number of likely N-dealkylation sites (tertiary alicyclic amines) is 1. The number of halogens is 3. The number of alkyl halides is 3. The molecule has 4 rings (SSSR count). The van der Waals surface area contributed by atoms with Gasteiger partial charge in [0, 0.05) is 18.8 Å². The van der Waals surface area contributed by atoms with E-state index in [1.54, 1.807) is 6.07 Å². The summed E-state index contributed by atoms with van der Waals surface area (Å²) in [5, 5.41) is 10.3. The fourth-order valence-electron chi connectivity index (χ4n) is 4.07. The molecule has 0 spiro atoms. The molecular formula is C23H24F3NO2. The molecule has 3 nitrogen and oxygen atoms in total. The van der Waals surface area contributed by atoms with Gasteiger partial charge >= 0.3 is 6.18 Å². The number of hydrogen-bond acceptors (Lipinski definition) is 3. The van der Waals surface area contributed by atoms with E-state index in [4.69, 9.17) is 4.74 Å². The minimum atomic E-state index is -4.31. The van der Waals surface area contributed by atoms with Crippen molar-refractivity contribution >= 4 is 5.70 Å². The number of ether oxygens (including phenoxy) is 1. The molecule has 0 aliphatic carbocycles. The highest BCUT2D eigenvalue weighted by atomic mass is 19.4. The molecule has 0 amide bonds. The van der Waals surface area contributed by atoms with Crippen molar-refractivity contribution in [1.29, 1.82) is 0 Å². The van der Waals surface area contributed by atoms with Crippen molar-refractivity contribution in [3.8, 4) is 0 Å². The van der Waals surface area contributed by atoms with E-state index < -0.39 is 17.3 Å². The molecule has 2 saturated heterocycles. The van der Waals surface area contributed by atoms with Crippen LogP contribution in [0.25, 0.3) is 5.70 Å². The zero-order valence-electron chi connectivity index (χ0n) is 16.1. The van der Waals surface area contributed by atoms with Gasteiger partial charge in [-0.3, -0.25) is 0 Å². The summed E-state index contributed by atoms with van der Waals surface area (Å²) in [7, 11) is 0. The Balaban J connectivity index is 1.39. The van der Waals surface area contributed by atoms with Crippen LogP contribution in [-0.4, -0.2) is 36.3 Å². The number of hydrogen-bond donors (Lipinski definition) is 1. The van der Waals surface area contributed by atoms with E-state index in [9.17, 15) is 18.3 Å². The molecular weight excluding hydrogens is 379 g/mol. The van der Waals surface area contributed by atoms with Gasteiger partial charge in [-0.25, -0.2) is 0 Å². The minimum Gasteiger partial charge on any atom is -0.380 e. The Kier molecular flexibility index (Phi) is 5.17. The van der Waals surface area contributed by atoms with Crippen LogP contribution in [0.2, 0.25) is 0 Å². The van der Waals surface area contributed by atoms with Gasteiger partial charge in [0.1, 0.15) is 5.60 Å². The molecule has 29 heavy (non-hydrogen) atoms. The van der Waals surface area contributed by atoms with Crippen molar-refractivity contribution in [1.82, 2.24) is 4.90 Å². The second kappa shape index (κ2) is 7.50. The van der Waals surface area contributed by atoms with Crippen molar-refractivity contribution < 1.29 is 23.0 Å². The van der Waals surface area contributed by atoms with E-state index in [0.717, 1.165) is 54.4 Å². The number of rotatable bonds is 4. The average molecular weight is 403 g/mol. The van der Waals surface area contributed by atoms with Crippen LogP contribution in [0, 0.1) is 0 Å². The van der Waals surface area contributed by atoms with Gasteiger partial charge in [-0.15, -0.1) is 0 Å². The molecule has 2 aliphatic heterocycles. The summed E-state index contributed by atoms with van der Waals surface area (Å²) in [5.74, 6) is 0.122. The topological polar surface area (TPSA) is 32.7 Å². The summed E-state index contributed by atoms with van der Waals surface area (Å²) in [4.78, 5) is 2.18. The van der Waals surface area contributed by atoms with Gasteiger partial charge in [0.15, 0.2) is 0 Å². The molecule has 1 N–H and O–H groups in total. The first-order chi connectivity index (χ1) is 13.8. The molecule has 0 atom stereocenters. The lowest BCUT2D eigenvalue weighted by molar-refractivity contribution is -0.184. The Bertz CT molecular complexity index is 880. The van der Waals surface area contributed by atoms with E-state index in [1.807, 2.05) is 24.3 Å². The Morgan fingerprint density at radius 1 is 1.07 bits per heavy atom. The second-order valence-corrected chi connectivity index (χ2v) is 7.93. The quantitative estimate of drug-likeness (QED) is 0.798. The van der Waals surface area contributed by atoms with Gasteiger partial charge in [-0.2, -0.15) is 13.2 Å². The smallest absolute Gasteiger partial charge is 0.380 e. The van der Waals surface area contributed by atoms with Crippen LogP contribution >= 0.6 is 0 Å². The van der Waals surface area contributed by atoms with Crippen molar-refractivity contribution in [2.45, 2.75) is 30.5 Å². The predicted molar refractivity (Wildman–Crippen MR) is 105 cm³/mol. The second-order valence-electron chi connectivity index (χ2n) is 7.93. The highest BCUT2D eigenvalue weighted by molar-refractivity contribution is 5.62. The third-order valence-electron chi connectivity index (χ3n) is 6.00. The van der Waals surface area contributed by atoms with Gasteiger partial charge in [0.25, 0.3) is 0 Å².